The van der Waals surface area contributed by atoms with Gasteiger partial charge < -0.3 is 25.4 Å². The molecule has 0 saturated carbocycles. The molecule has 104 valence electrons. The van der Waals surface area contributed by atoms with Gasteiger partial charge in [-0.1, -0.05) is 0 Å². The van der Waals surface area contributed by atoms with Gasteiger partial charge in [0.2, 0.25) is 0 Å². The number of ketones is 1. The van der Waals surface area contributed by atoms with Gasteiger partial charge in [-0.3, -0.25) is 4.79 Å². The van der Waals surface area contributed by atoms with Crippen molar-refractivity contribution in [2.75, 3.05) is 11.9 Å². The van der Waals surface area contributed by atoms with Crippen molar-refractivity contribution in [1.82, 2.24) is 0 Å². The molecule has 1 aromatic rings. The van der Waals surface area contributed by atoms with Crippen molar-refractivity contribution < 1.29 is 24.9 Å². The highest BCUT2D eigenvalue weighted by Crippen LogP contribution is 2.19. The summed E-state index contributed by atoms with van der Waals surface area (Å²) >= 11 is 0. The number of hydrogen-bond donors (Lipinski definition) is 4. The maximum atomic E-state index is 11.1. The maximum absolute atomic E-state index is 11.1. The van der Waals surface area contributed by atoms with E-state index in [9.17, 15) is 20.1 Å². The molecule has 6 heteroatoms. The average Bonchev–Trinajstić information content (AvgIpc) is 2.40. The van der Waals surface area contributed by atoms with Crippen LogP contribution in [0.3, 0.4) is 0 Å². The summed E-state index contributed by atoms with van der Waals surface area (Å²) in [6, 6.07) is 6.69. The van der Waals surface area contributed by atoms with Gasteiger partial charge >= 0.3 is 0 Å². The van der Waals surface area contributed by atoms with E-state index in [0.717, 1.165) is 0 Å². The lowest BCUT2D eigenvalue weighted by molar-refractivity contribution is -0.178. The van der Waals surface area contributed by atoms with Gasteiger partial charge in [-0.15, -0.1) is 0 Å². The number of carbonyl (C=O) groups excluding carboxylic acids is 1. The average molecular weight is 267 g/mol. The van der Waals surface area contributed by atoms with Gasteiger partial charge in [0.25, 0.3) is 0 Å². The van der Waals surface area contributed by atoms with Gasteiger partial charge in [0.05, 0.1) is 6.61 Å². The first kappa shape index (κ1) is 14.0. The molecule has 0 amide bonds. The molecule has 0 radical (unpaired) electrons. The normalized spacial score (nSPS) is 30.9. The fourth-order valence-electron chi connectivity index (χ4n) is 1.90. The summed E-state index contributed by atoms with van der Waals surface area (Å²) in [5.74, 6) is -0.0287. The van der Waals surface area contributed by atoms with E-state index in [4.69, 9.17) is 4.74 Å². The molecule has 4 N–H and O–H groups in total. The molecule has 1 aromatic carbocycles. The molecule has 6 nitrogen and oxygen atoms in total. The van der Waals surface area contributed by atoms with Crippen LogP contribution in [-0.4, -0.2) is 52.2 Å². The Bertz CT molecular complexity index is 447. The Morgan fingerprint density at radius 2 is 1.84 bits per heavy atom. The lowest BCUT2D eigenvalue weighted by Gasteiger charge is -2.35. The molecule has 1 heterocycles. The Morgan fingerprint density at radius 3 is 2.42 bits per heavy atom. The van der Waals surface area contributed by atoms with E-state index >= 15 is 0 Å². The number of rotatable bonds is 3. The number of benzene rings is 1. The third-order valence-corrected chi connectivity index (χ3v) is 3.10. The van der Waals surface area contributed by atoms with Crippen LogP contribution in [0.15, 0.2) is 24.3 Å². The van der Waals surface area contributed by atoms with E-state index < -0.39 is 24.5 Å². The molecular formula is C13H17NO5. The van der Waals surface area contributed by atoms with Crippen LogP contribution in [0.25, 0.3) is 0 Å². The Kier molecular flexibility index (Phi) is 4.16. The molecule has 0 aromatic heterocycles. The summed E-state index contributed by atoms with van der Waals surface area (Å²) in [6.07, 6.45) is -4.37. The van der Waals surface area contributed by atoms with Crippen molar-refractivity contribution in [3.8, 4) is 0 Å². The molecule has 0 spiro atoms. The fourth-order valence-corrected chi connectivity index (χ4v) is 1.90. The van der Waals surface area contributed by atoms with E-state index in [1.54, 1.807) is 24.3 Å². The summed E-state index contributed by atoms with van der Waals surface area (Å²) in [5, 5.41) is 31.5. The minimum atomic E-state index is -1.25. The number of nitrogens with one attached hydrogen (secondary N) is 1. The van der Waals surface area contributed by atoms with Gasteiger partial charge in [-0.2, -0.15) is 0 Å². The second-order valence-electron chi connectivity index (χ2n) is 4.58. The highest BCUT2D eigenvalue weighted by Gasteiger charge is 2.37. The number of Topliss-reactive ketones (excluding diaryl/α,β-unsaturated/α-hetero) is 1. The van der Waals surface area contributed by atoms with Crippen LogP contribution in [0, 0.1) is 0 Å². The summed E-state index contributed by atoms with van der Waals surface area (Å²) in [7, 11) is 0. The van der Waals surface area contributed by atoms with Crippen molar-refractivity contribution in [2.45, 2.75) is 31.5 Å². The van der Waals surface area contributed by atoms with Crippen LogP contribution in [0.4, 0.5) is 5.69 Å². The summed E-state index contributed by atoms with van der Waals surface area (Å²) < 4.78 is 5.22. The summed E-state index contributed by atoms with van der Waals surface area (Å²) in [4.78, 5) is 11.1. The number of carbonyl (C=O) groups is 1. The predicted octanol–water partition coefficient (Wildman–Crippen LogP) is -0.260. The maximum Gasteiger partial charge on any atom is 0.159 e. The number of anilines is 1. The van der Waals surface area contributed by atoms with Crippen molar-refractivity contribution in [2.24, 2.45) is 0 Å². The molecular weight excluding hydrogens is 250 g/mol. The van der Waals surface area contributed by atoms with E-state index in [0.29, 0.717) is 11.3 Å². The van der Waals surface area contributed by atoms with Crippen LogP contribution >= 0.6 is 0 Å². The van der Waals surface area contributed by atoms with Crippen molar-refractivity contribution >= 4 is 11.5 Å². The highest BCUT2D eigenvalue weighted by atomic mass is 16.5. The molecule has 0 bridgehead atoms. The summed E-state index contributed by atoms with van der Waals surface area (Å²) in [6.45, 7) is 1.43. The molecule has 2 rings (SSSR count). The molecule has 0 aliphatic carbocycles. The van der Waals surface area contributed by atoms with E-state index in [1.165, 1.54) is 6.92 Å². The standard InChI is InChI=1S/C13H17NO5/c1-7(15)8-2-4-9(5-3-8)14-13-12(18)11(17)10(16)6-19-13/h2-5,10-14,16-18H,6H2,1H3/t10-,11-,12-,13-/m1/s1. The zero-order valence-electron chi connectivity index (χ0n) is 10.5. The first-order valence-electron chi connectivity index (χ1n) is 6.02. The van der Waals surface area contributed by atoms with Crippen LogP contribution < -0.4 is 5.32 Å². The molecule has 1 aliphatic heterocycles. The minimum absolute atomic E-state index is 0.0287. The lowest BCUT2D eigenvalue weighted by Crippen LogP contribution is -2.55. The molecule has 4 atom stereocenters. The zero-order chi connectivity index (χ0) is 14.0. The Morgan fingerprint density at radius 1 is 1.21 bits per heavy atom. The topological polar surface area (TPSA) is 99.0 Å². The van der Waals surface area contributed by atoms with Crippen molar-refractivity contribution in [1.29, 1.82) is 0 Å². The number of aliphatic hydroxyl groups excluding tert-OH is 3. The Balaban J connectivity index is 2.03. The van der Waals surface area contributed by atoms with Gasteiger partial charge in [0.15, 0.2) is 12.0 Å². The lowest BCUT2D eigenvalue weighted by atomic mass is 10.0. The molecule has 0 unspecified atom stereocenters. The SMILES string of the molecule is CC(=O)c1ccc(N[C@@H]2OC[C@@H](O)[C@@H](O)[C@H]2O)cc1. The van der Waals surface area contributed by atoms with Crippen LogP contribution in [0.2, 0.25) is 0 Å². The van der Waals surface area contributed by atoms with Gasteiger partial charge in [0, 0.05) is 11.3 Å². The fraction of sp³-hybridized carbons (Fsp3) is 0.462. The van der Waals surface area contributed by atoms with Gasteiger partial charge in [-0.05, 0) is 31.2 Å². The first-order chi connectivity index (χ1) is 8.99. The zero-order valence-corrected chi connectivity index (χ0v) is 10.5. The molecule has 19 heavy (non-hydrogen) atoms. The summed E-state index contributed by atoms with van der Waals surface area (Å²) in [5.41, 5.74) is 1.24. The van der Waals surface area contributed by atoms with Crippen LogP contribution in [-0.2, 0) is 4.74 Å². The predicted molar refractivity (Wildman–Crippen MR) is 67.8 cm³/mol. The molecule has 1 aliphatic rings. The number of ether oxygens (including phenoxy) is 1. The van der Waals surface area contributed by atoms with Crippen LogP contribution in [0.5, 0.6) is 0 Å². The second kappa shape index (κ2) is 5.66. The third-order valence-electron chi connectivity index (χ3n) is 3.10. The van der Waals surface area contributed by atoms with Crippen molar-refractivity contribution in [3.05, 3.63) is 29.8 Å². The number of aliphatic hydroxyl groups is 3. The smallest absolute Gasteiger partial charge is 0.159 e. The third kappa shape index (κ3) is 3.10. The van der Waals surface area contributed by atoms with E-state index in [1.807, 2.05) is 0 Å². The first-order valence-corrected chi connectivity index (χ1v) is 6.02. The van der Waals surface area contributed by atoms with Gasteiger partial charge in [-0.25, -0.2) is 0 Å². The van der Waals surface area contributed by atoms with Crippen LogP contribution in [0.1, 0.15) is 17.3 Å². The van der Waals surface area contributed by atoms with Gasteiger partial charge in [0.1, 0.15) is 18.3 Å². The monoisotopic (exact) mass is 267 g/mol. The Labute approximate surface area is 110 Å². The number of hydrogen-bond acceptors (Lipinski definition) is 6. The quantitative estimate of drug-likeness (QED) is 0.563. The molecule has 1 fully saturated rings. The van der Waals surface area contributed by atoms with E-state index in [2.05, 4.69) is 5.32 Å². The molecule has 1 saturated heterocycles. The Hall–Kier alpha value is -1.47. The van der Waals surface area contributed by atoms with Crippen molar-refractivity contribution in [3.63, 3.8) is 0 Å². The second-order valence-corrected chi connectivity index (χ2v) is 4.58. The minimum Gasteiger partial charge on any atom is -0.388 e. The highest BCUT2D eigenvalue weighted by molar-refractivity contribution is 5.94. The largest absolute Gasteiger partial charge is 0.388 e. The van der Waals surface area contributed by atoms with E-state index in [-0.39, 0.29) is 12.4 Å².